The highest BCUT2D eigenvalue weighted by molar-refractivity contribution is 7.26. The molecule has 0 aliphatic carbocycles. The summed E-state index contributed by atoms with van der Waals surface area (Å²) in [5, 5.41) is 7.82. The number of hydrogen-bond donors (Lipinski definition) is 0. The highest BCUT2D eigenvalue weighted by atomic mass is 32.1. The van der Waals surface area contributed by atoms with E-state index in [-0.39, 0.29) is 0 Å². The van der Waals surface area contributed by atoms with Crippen LogP contribution in [-0.2, 0) is 6.42 Å². The topological polar surface area (TPSA) is 4.93 Å². The van der Waals surface area contributed by atoms with E-state index >= 15 is 0 Å². The van der Waals surface area contributed by atoms with Crippen LogP contribution in [0.15, 0.2) is 146 Å². The van der Waals surface area contributed by atoms with E-state index in [1.54, 1.807) is 0 Å². The molecule has 0 aliphatic heterocycles. The van der Waals surface area contributed by atoms with E-state index in [4.69, 9.17) is 0 Å². The van der Waals surface area contributed by atoms with E-state index in [0.29, 0.717) is 0 Å². The quantitative estimate of drug-likeness (QED) is 0.177. The first kappa shape index (κ1) is 27.2. The monoisotopic (exact) mass is 607 g/mol. The number of para-hydroxylation sites is 1. The second kappa shape index (κ2) is 11.0. The molecule has 2 aromatic heterocycles. The maximum absolute atomic E-state index is 2.43. The van der Waals surface area contributed by atoms with E-state index in [9.17, 15) is 0 Å². The van der Waals surface area contributed by atoms with Crippen molar-refractivity contribution in [2.75, 3.05) is 0 Å². The summed E-state index contributed by atoms with van der Waals surface area (Å²) in [6, 6.07) is 54.1. The molecule has 0 saturated carbocycles. The lowest BCUT2D eigenvalue weighted by Crippen LogP contribution is -1.94. The molecule has 9 aromatic rings. The summed E-state index contributed by atoms with van der Waals surface area (Å²) in [5.74, 6) is 0. The molecule has 1 nitrogen and oxygen atoms in total. The van der Waals surface area contributed by atoms with Gasteiger partial charge in [0.1, 0.15) is 0 Å². The molecule has 0 spiro atoms. The summed E-state index contributed by atoms with van der Waals surface area (Å²) in [6.45, 7) is 2.27. The summed E-state index contributed by atoms with van der Waals surface area (Å²) in [6.07, 6.45) is 3.61. The van der Waals surface area contributed by atoms with Gasteiger partial charge in [-0.05, 0) is 100.0 Å². The fourth-order valence-corrected chi connectivity index (χ4v) is 8.43. The molecule has 0 atom stereocenters. The van der Waals surface area contributed by atoms with E-state index < -0.39 is 0 Å². The van der Waals surface area contributed by atoms with Crippen molar-refractivity contribution in [1.29, 1.82) is 0 Å². The van der Waals surface area contributed by atoms with Crippen LogP contribution < -0.4 is 0 Å². The molecule has 0 fully saturated rings. The van der Waals surface area contributed by atoms with Gasteiger partial charge in [0.05, 0.1) is 11.0 Å². The molecule has 0 radical (unpaired) electrons. The highest BCUT2D eigenvalue weighted by Gasteiger charge is 2.16. The smallest absolute Gasteiger partial charge is 0.0541 e. The summed E-state index contributed by atoms with van der Waals surface area (Å²) >= 11 is 1.92. The third-order valence-electron chi connectivity index (χ3n) is 9.55. The van der Waals surface area contributed by atoms with Crippen LogP contribution in [0.3, 0.4) is 0 Å². The molecule has 0 aliphatic rings. The first-order valence-corrected chi connectivity index (χ1v) is 17.1. The van der Waals surface area contributed by atoms with Gasteiger partial charge in [-0.15, -0.1) is 11.3 Å². The van der Waals surface area contributed by atoms with Gasteiger partial charge in [-0.25, -0.2) is 0 Å². The Bertz CT molecular complexity index is 2570. The first-order valence-electron chi connectivity index (χ1n) is 16.3. The van der Waals surface area contributed by atoms with Crippen LogP contribution in [0.25, 0.3) is 80.7 Å². The summed E-state index contributed by atoms with van der Waals surface area (Å²) in [4.78, 5) is 0. The normalized spacial score (nSPS) is 11.8. The van der Waals surface area contributed by atoms with E-state index in [1.807, 2.05) is 11.3 Å². The predicted molar refractivity (Wildman–Crippen MR) is 201 cm³/mol. The third kappa shape index (κ3) is 4.44. The Hall–Kier alpha value is -5.18. The average Bonchev–Trinajstić information content (AvgIpc) is 3.66. The molecule has 0 bridgehead atoms. The number of rotatable bonds is 6. The molecule has 46 heavy (non-hydrogen) atoms. The Kier molecular flexibility index (Phi) is 6.50. The lowest BCUT2D eigenvalue weighted by Gasteiger charge is -2.11. The third-order valence-corrected chi connectivity index (χ3v) is 10.8. The minimum Gasteiger partial charge on any atom is -0.309 e. The van der Waals surface area contributed by atoms with Crippen LogP contribution in [-0.4, -0.2) is 4.57 Å². The highest BCUT2D eigenvalue weighted by Crippen LogP contribution is 2.42. The molecule has 220 valence electrons. The largest absolute Gasteiger partial charge is 0.309 e. The van der Waals surface area contributed by atoms with E-state index in [1.165, 1.54) is 99.1 Å². The zero-order valence-electron chi connectivity index (χ0n) is 25.8. The fourth-order valence-electron chi connectivity index (χ4n) is 7.21. The van der Waals surface area contributed by atoms with Gasteiger partial charge >= 0.3 is 0 Å². The number of fused-ring (bicyclic) bond motifs is 7. The molecule has 0 amide bonds. The Morgan fingerprint density at radius 2 is 1.30 bits per heavy atom. The molecule has 2 heterocycles. The molecule has 0 N–H and O–H groups in total. The standard InChI is InChI=1S/C44H33NS/c1-2-3-10-29-17-24-43-40(25-29)38-15-9-14-36(44(38)46-43)34-21-23-42-39(28-34)37-13-7-8-16-41(37)45(42)35-22-20-32-26-31(18-19-33(32)27-35)30-11-5-4-6-12-30/h4-9,11-28H,2-3,10H2,1H3. The van der Waals surface area contributed by atoms with Crippen molar-refractivity contribution in [2.24, 2.45) is 0 Å². The van der Waals surface area contributed by atoms with Gasteiger partial charge in [-0.3, -0.25) is 0 Å². The number of thiophene rings is 1. The Balaban J connectivity index is 1.18. The van der Waals surface area contributed by atoms with Gasteiger partial charge in [0, 0.05) is 36.6 Å². The van der Waals surface area contributed by atoms with Crippen molar-refractivity contribution in [3.8, 4) is 27.9 Å². The van der Waals surface area contributed by atoms with Gasteiger partial charge in [0.2, 0.25) is 0 Å². The number of unbranched alkanes of at least 4 members (excludes halogenated alkanes) is 1. The fraction of sp³-hybridized carbons (Fsp3) is 0.0909. The molecular formula is C44H33NS. The van der Waals surface area contributed by atoms with Crippen LogP contribution in [0.5, 0.6) is 0 Å². The summed E-state index contributed by atoms with van der Waals surface area (Å²) in [5.41, 5.74) is 10.2. The van der Waals surface area contributed by atoms with Crippen molar-refractivity contribution in [2.45, 2.75) is 26.2 Å². The van der Waals surface area contributed by atoms with E-state index in [2.05, 4.69) is 157 Å². The summed E-state index contributed by atoms with van der Waals surface area (Å²) < 4.78 is 5.17. The van der Waals surface area contributed by atoms with Gasteiger partial charge in [-0.2, -0.15) is 0 Å². The second-order valence-electron chi connectivity index (χ2n) is 12.4. The predicted octanol–water partition coefficient (Wildman–Crippen LogP) is 13.0. The van der Waals surface area contributed by atoms with Gasteiger partial charge in [-0.1, -0.05) is 110 Å². The van der Waals surface area contributed by atoms with Gasteiger partial charge in [0.25, 0.3) is 0 Å². The Morgan fingerprint density at radius 3 is 2.22 bits per heavy atom. The van der Waals surface area contributed by atoms with Crippen LogP contribution in [0, 0.1) is 0 Å². The molecule has 0 saturated heterocycles. The van der Waals surface area contributed by atoms with Crippen LogP contribution in [0.4, 0.5) is 0 Å². The van der Waals surface area contributed by atoms with Crippen molar-refractivity contribution < 1.29 is 0 Å². The van der Waals surface area contributed by atoms with Gasteiger partial charge < -0.3 is 4.57 Å². The Labute approximate surface area is 273 Å². The van der Waals surface area contributed by atoms with Gasteiger partial charge in [0.15, 0.2) is 0 Å². The maximum atomic E-state index is 2.43. The van der Waals surface area contributed by atoms with Crippen LogP contribution in [0.2, 0.25) is 0 Å². The minimum atomic E-state index is 1.15. The molecule has 9 rings (SSSR count). The zero-order valence-corrected chi connectivity index (χ0v) is 26.6. The van der Waals surface area contributed by atoms with Crippen molar-refractivity contribution >= 4 is 64.1 Å². The maximum Gasteiger partial charge on any atom is 0.0541 e. The number of benzene rings is 7. The lowest BCUT2D eigenvalue weighted by molar-refractivity contribution is 0.796. The molecule has 7 aromatic carbocycles. The summed E-state index contributed by atoms with van der Waals surface area (Å²) in [7, 11) is 0. The van der Waals surface area contributed by atoms with Crippen LogP contribution in [0.1, 0.15) is 25.3 Å². The number of aryl methyl sites for hydroxylation is 1. The minimum absolute atomic E-state index is 1.15. The average molecular weight is 608 g/mol. The number of aromatic nitrogens is 1. The first-order chi connectivity index (χ1) is 22.7. The number of hydrogen-bond acceptors (Lipinski definition) is 1. The SMILES string of the molecule is CCCCc1ccc2sc3c(-c4ccc5c(c4)c4ccccc4n5-c4ccc5cc(-c6ccccc6)ccc5c4)cccc3c2c1. The molecular weight excluding hydrogens is 575 g/mol. The lowest BCUT2D eigenvalue weighted by atomic mass is 9.99. The van der Waals surface area contributed by atoms with Crippen LogP contribution >= 0.6 is 11.3 Å². The van der Waals surface area contributed by atoms with Crippen molar-refractivity contribution in [3.05, 3.63) is 151 Å². The molecule has 0 unspecified atom stereocenters. The second-order valence-corrected chi connectivity index (χ2v) is 13.5. The Morgan fingerprint density at radius 1 is 0.522 bits per heavy atom. The number of nitrogens with zero attached hydrogens (tertiary/aromatic N) is 1. The van der Waals surface area contributed by atoms with E-state index in [0.717, 1.165) is 6.42 Å². The zero-order chi connectivity index (χ0) is 30.6. The van der Waals surface area contributed by atoms with Crippen molar-refractivity contribution in [3.63, 3.8) is 0 Å². The molecule has 2 heteroatoms. The van der Waals surface area contributed by atoms with Crippen molar-refractivity contribution in [1.82, 2.24) is 4.57 Å².